The van der Waals surface area contributed by atoms with Gasteiger partial charge in [-0.3, -0.25) is 4.98 Å². The minimum Gasteiger partial charge on any atom is -0.384 e. The zero-order chi connectivity index (χ0) is 12.4. The second-order valence-electron chi connectivity index (χ2n) is 4.50. The van der Waals surface area contributed by atoms with Gasteiger partial charge >= 0.3 is 0 Å². The van der Waals surface area contributed by atoms with Crippen LogP contribution in [0.5, 0.6) is 0 Å². The predicted molar refractivity (Wildman–Crippen MR) is 69.0 cm³/mol. The van der Waals surface area contributed by atoms with Crippen molar-refractivity contribution in [3.05, 3.63) is 64.5 Å². The van der Waals surface area contributed by atoms with Crippen LogP contribution >= 0.6 is 0 Å². The van der Waals surface area contributed by atoms with Crippen molar-refractivity contribution in [2.45, 2.75) is 26.9 Å². The summed E-state index contributed by atoms with van der Waals surface area (Å²) in [4.78, 5) is 4.22. The number of benzene rings is 1. The Balaban J connectivity index is 2.39. The maximum atomic E-state index is 10.3. The molecular weight excluding hydrogens is 210 g/mol. The fourth-order valence-corrected chi connectivity index (χ4v) is 1.88. The molecule has 0 radical (unpaired) electrons. The first kappa shape index (κ1) is 11.8. The molecule has 2 rings (SSSR count). The average molecular weight is 227 g/mol. The fourth-order valence-electron chi connectivity index (χ4n) is 1.88. The van der Waals surface area contributed by atoms with Gasteiger partial charge in [-0.15, -0.1) is 0 Å². The maximum absolute atomic E-state index is 10.3. The lowest BCUT2D eigenvalue weighted by Gasteiger charge is -2.14. The molecule has 2 nitrogen and oxygen atoms in total. The Morgan fingerprint density at radius 3 is 2.47 bits per heavy atom. The van der Waals surface area contributed by atoms with Gasteiger partial charge in [0.25, 0.3) is 0 Å². The van der Waals surface area contributed by atoms with E-state index in [9.17, 15) is 5.11 Å². The molecule has 0 spiro atoms. The van der Waals surface area contributed by atoms with Crippen LogP contribution in [0.4, 0.5) is 0 Å². The molecule has 0 aliphatic carbocycles. The lowest BCUT2D eigenvalue weighted by Crippen LogP contribution is -2.03. The molecule has 2 aromatic rings. The predicted octanol–water partition coefficient (Wildman–Crippen LogP) is 3.09. The molecule has 1 heterocycles. The van der Waals surface area contributed by atoms with Gasteiger partial charge < -0.3 is 5.11 Å². The number of aliphatic hydroxyl groups is 1. The van der Waals surface area contributed by atoms with Crippen LogP contribution in [0.1, 0.15) is 34.1 Å². The van der Waals surface area contributed by atoms with Gasteiger partial charge in [0.05, 0.1) is 0 Å². The van der Waals surface area contributed by atoms with E-state index in [-0.39, 0.29) is 0 Å². The van der Waals surface area contributed by atoms with Crippen LogP contribution in [0.3, 0.4) is 0 Å². The van der Waals surface area contributed by atoms with Crippen LogP contribution in [-0.4, -0.2) is 10.1 Å². The van der Waals surface area contributed by atoms with E-state index in [0.717, 1.165) is 27.9 Å². The molecule has 88 valence electrons. The van der Waals surface area contributed by atoms with Gasteiger partial charge in [-0.2, -0.15) is 0 Å². The zero-order valence-corrected chi connectivity index (χ0v) is 10.4. The van der Waals surface area contributed by atoms with Crippen molar-refractivity contribution in [1.29, 1.82) is 0 Å². The third-order valence-corrected chi connectivity index (χ3v) is 2.98. The minimum atomic E-state index is -0.594. The highest BCUT2D eigenvalue weighted by molar-refractivity contribution is 5.37. The summed E-state index contributed by atoms with van der Waals surface area (Å²) in [7, 11) is 0. The van der Waals surface area contributed by atoms with E-state index in [1.165, 1.54) is 0 Å². The van der Waals surface area contributed by atoms with E-state index in [0.29, 0.717) is 0 Å². The molecular formula is C15H17NO. The van der Waals surface area contributed by atoms with Crippen LogP contribution in [0.25, 0.3) is 0 Å². The van der Waals surface area contributed by atoms with Crippen LogP contribution in [-0.2, 0) is 0 Å². The normalized spacial score (nSPS) is 12.5. The summed E-state index contributed by atoms with van der Waals surface area (Å²) in [6.45, 7) is 5.98. The molecule has 0 aliphatic heterocycles. The van der Waals surface area contributed by atoms with Gasteiger partial charge in [-0.1, -0.05) is 29.8 Å². The molecule has 1 N–H and O–H groups in total. The topological polar surface area (TPSA) is 33.1 Å². The van der Waals surface area contributed by atoms with E-state index < -0.39 is 6.10 Å². The first-order valence-corrected chi connectivity index (χ1v) is 5.75. The highest BCUT2D eigenvalue weighted by Gasteiger charge is 2.13. The number of aromatic nitrogens is 1. The summed E-state index contributed by atoms with van der Waals surface area (Å²) in [6, 6.07) is 9.97. The lowest BCUT2D eigenvalue weighted by atomic mass is 9.97. The Hall–Kier alpha value is -1.67. The molecule has 1 unspecified atom stereocenters. The highest BCUT2D eigenvalue weighted by Crippen LogP contribution is 2.25. The Bertz CT molecular complexity index is 517. The van der Waals surface area contributed by atoms with E-state index in [1.807, 2.05) is 45.0 Å². The van der Waals surface area contributed by atoms with E-state index >= 15 is 0 Å². The van der Waals surface area contributed by atoms with Crippen molar-refractivity contribution in [3.8, 4) is 0 Å². The molecule has 0 saturated carbocycles. The Morgan fingerprint density at radius 1 is 1.06 bits per heavy atom. The smallest absolute Gasteiger partial charge is 0.106 e. The Kier molecular flexibility index (Phi) is 3.25. The largest absolute Gasteiger partial charge is 0.384 e. The number of nitrogens with zero attached hydrogens (tertiary/aromatic N) is 1. The monoisotopic (exact) mass is 227 g/mol. The third-order valence-electron chi connectivity index (χ3n) is 2.98. The van der Waals surface area contributed by atoms with Crippen molar-refractivity contribution in [3.63, 3.8) is 0 Å². The van der Waals surface area contributed by atoms with E-state index in [1.54, 1.807) is 6.20 Å². The molecule has 1 aromatic heterocycles. The van der Waals surface area contributed by atoms with Gasteiger partial charge in [-0.05, 0) is 38.0 Å². The summed E-state index contributed by atoms with van der Waals surface area (Å²) in [5.41, 5.74) is 5.01. The zero-order valence-electron chi connectivity index (χ0n) is 10.4. The van der Waals surface area contributed by atoms with Crippen molar-refractivity contribution in [1.82, 2.24) is 4.98 Å². The summed E-state index contributed by atoms with van der Waals surface area (Å²) < 4.78 is 0. The third kappa shape index (κ3) is 2.53. The number of rotatable bonds is 2. The number of aryl methyl sites for hydroxylation is 3. The number of pyridine rings is 1. The summed E-state index contributed by atoms with van der Waals surface area (Å²) in [6.07, 6.45) is 1.14. The molecule has 1 atom stereocenters. The summed E-state index contributed by atoms with van der Waals surface area (Å²) >= 11 is 0. The minimum absolute atomic E-state index is 0.594. The first-order chi connectivity index (χ1) is 8.08. The molecule has 0 amide bonds. The Labute approximate surface area is 102 Å². The van der Waals surface area contributed by atoms with Crippen LogP contribution in [0.15, 0.2) is 36.5 Å². The van der Waals surface area contributed by atoms with Crippen molar-refractivity contribution >= 4 is 0 Å². The van der Waals surface area contributed by atoms with Gasteiger partial charge in [0, 0.05) is 17.5 Å². The van der Waals surface area contributed by atoms with Gasteiger partial charge in [0.1, 0.15) is 6.10 Å². The van der Waals surface area contributed by atoms with Crippen LogP contribution in [0.2, 0.25) is 0 Å². The molecule has 2 heteroatoms. The lowest BCUT2D eigenvalue weighted by molar-refractivity contribution is 0.219. The standard InChI is InChI=1S/C15H17NO/c1-10-4-5-11(2)14(8-10)15(17)13-7-6-12(3)16-9-13/h4-9,15,17H,1-3H3. The maximum Gasteiger partial charge on any atom is 0.106 e. The highest BCUT2D eigenvalue weighted by atomic mass is 16.3. The summed E-state index contributed by atoms with van der Waals surface area (Å²) in [5.74, 6) is 0. The quantitative estimate of drug-likeness (QED) is 0.855. The number of aliphatic hydroxyl groups excluding tert-OH is 1. The molecule has 0 aliphatic rings. The first-order valence-electron chi connectivity index (χ1n) is 5.75. The van der Waals surface area contributed by atoms with Gasteiger partial charge in [0.2, 0.25) is 0 Å². The molecule has 17 heavy (non-hydrogen) atoms. The van der Waals surface area contributed by atoms with Crippen LogP contribution < -0.4 is 0 Å². The SMILES string of the molecule is Cc1ccc(C)c(C(O)c2ccc(C)nc2)c1. The molecule has 0 saturated heterocycles. The summed E-state index contributed by atoms with van der Waals surface area (Å²) in [5, 5.41) is 10.3. The van der Waals surface area contributed by atoms with Crippen molar-refractivity contribution < 1.29 is 5.11 Å². The molecule has 0 bridgehead atoms. The number of hydrogen-bond donors (Lipinski definition) is 1. The fraction of sp³-hybridized carbons (Fsp3) is 0.267. The van der Waals surface area contributed by atoms with Crippen molar-refractivity contribution in [2.24, 2.45) is 0 Å². The molecule has 1 aromatic carbocycles. The van der Waals surface area contributed by atoms with E-state index in [2.05, 4.69) is 11.1 Å². The number of hydrogen-bond acceptors (Lipinski definition) is 2. The average Bonchev–Trinajstić information content (AvgIpc) is 2.32. The second kappa shape index (κ2) is 4.68. The van der Waals surface area contributed by atoms with Crippen LogP contribution in [0, 0.1) is 20.8 Å². The Morgan fingerprint density at radius 2 is 1.82 bits per heavy atom. The molecule has 0 fully saturated rings. The van der Waals surface area contributed by atoms with Gasteiger partial charge in [-0.25, -0.2) is 0 Å². The second-order valence-corrected chi connectivity index (χ2v) is 4.50. The van der Waals surface area contributed by atoms with Crippen molar-refractivity contribution in [2.75, 3.05) is 0 Å². The van der Waals surface area contributed by atoms with E-state index in [4.69, 9.17) is 0 Å². The van der Waals surface area contributed by atoms with Gasteiger partial charge in [0.15, 0.2) is 0 Å².